The first kappa shape index (κ1) is 13.9. The molecule has 1 N–H and O–H groups in total. The van der Waals surface area contributed by atoms with Gasteiger partial charge < -0.3 is 9.47 Å². The molecule has 0 fully saturated rings. The molecule has 1 aromatic heterocycles. The molecule has 106 valence electrons. The minimum Gasteiger partial charge on any atom is -0.497 e. The smallest absolute Gasteiger partial charge is 0.277 e. The average Bonchev–Trinajstić information content (AvgIpc) is 2.70. The summed E-state index contributed by atoms with van der Waals surface area (Å²) in [5.41, 5.74) is 0.655. The standard InChI is InChI=1S/C14H16N2O4/c1-8-12(14(18)16(2)15-8)13(17)9-5-10(19-3)7-11(6-9)20-4/h5-7,15H,1-4H3. The molecule has 0 atom stereocenters. The highest BCUT2D eigenvalue weighted by Crippen LogP contribution is 2.24. The van der Waals surface area contributed by atoms with Gasteiger partial charge in [-0.15, -0.1) is 0 Å². The molecule has 0 amide bonds. The van der Waals surface area contributed by atoms with Crippen molar-refractivity contribution in [1.82, 2.24) is 9.78 Å². The van der Waals surface area contributed by atoms with E-state index in [4.69, 9.17) is 9.47 Å². The molecule has 0 saturated heterocycles. The van der Waals surface area contributed by atoms with Gasteiger partial charge in [-0.3, -0.25) is 19.4 Å². The van der Waals surface area contributed by atoms with E-state index in [1.165, 1.54) is 18.9 Å². The van der Waals surface area contributed by atoms with Gasteiger partial charge in [0.25, 0.3) is 5.56 Å². The maximum Gasteiger partial charge on any atom is 0.277 e. The number of carbonyl (C=O) groups is 1. The number of nitrogens with one attached hydrogen (secondary N) is 1. The fourth-order valence-electron chi connectivity index (χ4n) is 2.04. The summed E-state index contributed by atoms with van der Waals surface area (Å²) in [7, 11) is 4.57. The summed E-state index contributed by atoms with van der Waals surface area (Å²) in [5, 5.41) is 2.80. The molecule has 1 heterocycles. The van der Waals surface area contributed by atoms with Crippen molar-refractivity contribution in [3.8, 4) is 11.5 Å². The van der Waals surface area contributed by atoms with E-state index in [9.17, 15) is 9.59 Å². The number of methoxy groups -OCH3 is 2. The third-order valence-electron chi connectivity index (χ3n) is 3.07. The van der Waals surface area contributed by atoms with E-state index in [2.05, 4.69) is 5.10 Å². The number of rotatable bonds is 4. The molecule has 0 unspecified atom stereocenters. The second-order valence-corrected chi connectivity index (χ2v) is 4.41. The van der Waals surface area contributed by atoms with Gasteiger partial charge in [0, 0.05) is 24.4 Å². The van der Waals surface area contributed by atoms with E-state index in [0.717, 1.165) is 0 Å². The lowest BCUT2D eigenvalue weighted by atomic mass is 10.0. The highest BCUT2D eigenvalue weighted by Gasteiger charge is 2.20. The summed E-state index contributed by atoms with van der Waals surface area (Å²) in [6, 6.07) is 4.83. The van der Waals surface area contributed by atoms with Crippen molar-refractivity contribution in [3.63, 3.8) is 0 Å². The first-order valence-corrected chi connectivity index (χ1v) is 6.01. The third kappa shape index (κ3) is 2.32. The lowest BCUT2D eigenvalue weighted by Crippen LogP contribution is -2.19. The predicted molar refractivity (Wildman–Crippen MR) is 73.7 cm³/mol. The van der Waals surface area contributed by atoms with Crippen LogP contribution in [0.2, 0.25) is 0 Å². The van der Waals surface area contributed by atoms with Gasteiger partial charge in [0.05, 0.1) is 14.2 Å². The molecule has 0 radical (unpaired) electrons. The second-order valence-electron chi connectivity index (χ2n) is 4.41. The number of benzene rings is 1. The van der Waals surface area contributed by atoms with Crippen LogP contribution in [0.4, 0.5) is 0 Å². The normalized spacial score (nSPS) is 10.4. The minimum atomic E-state index is -0.360. The molecule has 0 aliphatic heterocycles. The molecular formula is C14H16N2O4. The molecular weight excluding hydrogens is 260 g/mol. The minimum absolute atomic E-state index is 0.128. The van der Waals surface area contributed by atoms with Gasteiger partial charge in [-0.2, -0.15) is 0 Å². The van der Waals surface area contributed by atoms with Crippen LogP contribution in [0, 0.1) is 6.92 Å². The van der Waals surface area contributed by atoms with Crippen LogP contribution in [-0.2, 0) is 7.05 Å². The number of aryl methyl sites for hydroxylation is 2. The van der Waals surface area contributed by atoms with Gasteiger partial charge in [0.15, 0.2) is 0 Å². The van der Waals surface area contributed by atoms with Crippen LogP contribution in [0.15, 0.2) is 23.0 Å². The van der Waals surface area contributed by atoms with Crippen molar-refractivity contribution in [2.75, 3.05) is 14.2 Å². The van der Waals surface area contributed by atoms with E-state index in [0.29, 0.717) is 22.8 Å². The average molecular weight is 276 g/mol. The molecule has 6 heteroatoms. The first-order valence-electron chi connectivity index (χ1n) is 6.01. The lowest BCUT2D eigenvalue weighted by Gasteiger charge is -2.07. The molecule has 0 bridgehead atoms. The van der Waals surface area contributed by atoms with Crippen molar-refractivity contribution >= 4 is 5.78 Å². The Morgan fingerprint density at radius 2 is 1.70 bits per heavy atom. The molecule has 0 spiro atoms. The van der Waals surface area contributed by atoms with E-state index < -0.39 is 0 Å². The molecule has 0 aliphatic rings. The SMILES string of the molecule is COc1cc(OC)cc(C(=O)c2c(C)[nH]n(C)c2=O)c1. The summed E-state index contributed by atoms with van der Waals surface area (Å²) in [5.74, 6) is 0.636. The summed E-state index contributed by atoms with van der Waals surface area (Å²) >= 11 is 0. The van der Waals surface area contributed by atoms with E-state index in [1.54, 1.807) is 32.2 Å². The van der Waals surface area contributed by atoms with Crippen molar-refractivity contribution in [1.29, 1.82) is 0 Å². The first-order chi connectivity index (χ1) is 9.47. The Kier molecular flexibility index (Phi) is 3.65. The summed E-state index contributed by atoms with van der Waals surface area (Å²) in [6.45, 7) is 1.69. The van der Waals surface area contributed by atoms with Crippen molar-refractivity contribution < 1.29 is 14.3 Å². The van der Waals surface area contributed by atoms with Crippen LogP contribution in [-0.4, -0.2) is 29.8 Å². The molecule has 6 nitrogen and oxygen atoms in total. The van der Waals surface area contributed by atoms with Crippen molar-refractivity contribution in [2.45, 2.75) is 6.92 Å². The molecule has 0 saturated carbocycles. The topological polar surface area (TPSA) is 73.3 Å². The zero-order valence-corrected chi connectivity index (χ0v) is 11.8. The summed E-state index contributed by atoms with van der Waals surface area (Å²) in [6.07, 6.45) is 0. The zero-order valence-electron chi connectivity index (χ0n) is 11.8. The monoisotopic (exact) mass is 276 g/mol. The highest BCUT2D eigenvalue weighted by molar-refractivity contribution is 6.09. The highest BCUT2D eigenvalue weighted by atomic mass is 16.5. The molecule has 20 heavy (non-hydrogen) atoms. The van der Waals surface area contributed by atoms with E-state index in [1.807, 2.05) is 0 Å². The van der Waals surface area contributed by atoms with Crippen LogP contribution in [0.25, 0.3) is 0 Å². The van der Waals surface area contributed by atoms with Crippen LogP contribution < -0.4 is 15.0 Å². The van der Waals surface area contributed by atoms with Gasteiger partial charge in [-0.1, -0.05) is 0 Å². The van der Waals surface area contributed by atoms with E-state index in [-0.39, 0.29) is 16.9 Å². The Labute approximate surface area is 115 Å². The van der Waals surface area contributed by atoms with Crippen molar-refractivity contribution in [2.24, 2.45) is 7.05 Å². The number of ether oxygens (including phenoxy) is 2. The number of H-pyrrole nitrogens is 1. The quantitative estimate of drug-likeness (QED) is 0.853. The lowest BCUT2D eigenvalue weighted by molar-refractivity contribution is 0.103. The van der Waals surface area contributed by atoms with E-state index >= 15 is 0 Å². The Morgan fingerprint density at radius 3 is 2.10 bits per heavy atom. The number of nitrogens with zero attached hydrogens (tertiary/aromatic N) is 1. The number of ketones is 1. The fraction of sp³-hybridized carbons (Fsp3) is 0.286. The number of aromatic nitrogens is 2. The second kappa shape index (κ2) is 5.24. The zero-order chi connectivity index (χ0) is 14.9. The number of hydrogen-bond donors (Lipinski definition) is 1. The Balaban J connectivity index is 2.56. The Hall–Kier alpha value is -2.50. The largest absolute Gasteiger partial charge is 0.497 e. The van der Waals surface area contributed by atoms with Crippen LogP contribution in [0.1, 0.15) is 21.6 Å². The van der Waals surface area contributed by atoms with Gasteiger partial charge in [0.1, 0.15) is 17.1 Å². The van der Waals surface area contributed by atoms with Gasteiger partial charge in [-0.05, 0) is 19.1 Å². The van der Waals surface area contributed by atoms with Gasteiger partial charge >= 0.3 is 0 Å². The molecule has 2 aromatic rings. The maximum absolute atomic E-state index is 12.5. The van der Waals surface area contributed by atoms with Crippen LogP contribution in [0.5, 0.6) is 11.5 Å². The summed E-state index contributed by atoms with van der Waals surface area (Å²) < 4.78 is 11.5. The number of hydrogen-bond acceptors (Lipinski definition) is 4. The number of carbonyl (C=O) groups excluding carboxylic acids is 1. The Bertz CT molecular complexity index is 690. The van der Waals surface area contributed by atoms with Gasteiger partial charge in [0.2, 0.25) is 5.78 Å². The predicted octanol–water partition coefficient (Wildman–Crippen LogP) is 1.27. The van der Waals surface area contributed by atoms with Crippen LogP contribution >= 0.6 is 0 Å². The molecule has 2 rings (SSSR count). The van der Waals surface area contributed by atoms with Gasteiger partial charge in [-0.25, -0.2) is 0 Å². The number of aromatic amines is 1. The maximum atomic E-state index is 12.5. The molecule has 1 aromatic carbocycles. The third-order valence-corrected chi connectivity index (χ3v) is 3.07. The van der Waals surface area contributed by atoms with Crippen molar-refractivity contribution in [3.05, 3.63) is 45.4 Å². The Morgan fingerprint density at radius 1 is 1.15 bits per heavy atom. The molecule has 0 aliphatic carbocycles. The fourth-order valence-corrected chi connectivity index (χ4v) is 2.04. The van der Waals surface area contributed by atoms with Crippen LogP contribution in [0.3, 0.4) is 0 Å². The summed E-state index contributed by atoms with van der Waals surface area (Å²) in [4.78, 5) is 24.5.